The average Bonchev–Trinajstić information content (AvgIpc) is 3.06. The Hall–Kier alpha value is -3.32. The molecular formula is C27H34N2O5. The first-order valence-electron chi connectivity index (χ1n) is 11.9. The molecule has 0 saturated heterocycles. The molecule has 0 bridgehead atoms. The Morgan fingerprint density at radius 2 is 1.65 bits per heavy atom. The summed E-state index contributed by atoms with van der Waals surface area (Å²) < 4.78 is 17.0. The summed E-state index contributed by atoms with van der Waals surface area (Å²) in [4.78, 5) is 28.1. The van der Waals surface area contributed by atoms with E-state index in [1.165, 1.54) is 4.90 Å². The van der Waals surface area contributed by atoms with Crippen molar-refractivity contribution in [1.29, 1.82) is 0 Å². The van der Waals surface area contributed by atoms with E-state index < -0.39 is 0 Å². The summed E-state index contributed by atoms with van der Waals surface area (Å²) in [6.45, 7) is 9.71. The van der Waals surface area contributed by atoms with E-state index in [1.807, 2.05) is 76.2 Å². The average molecular weight is 467 g/mol. The van der Waals surface area contributed by atoms with Crippen LogP contribution < -0.4 is 14.8 Å². The van der Waals surface area contributed by atoms with Crippen LogP contribution in [-0.2, 0) is 14.3 Å². The van der Waals surface area contributed by atoms with Crippen molar-refractivity contribution >= 4 is 23.1 Å². The number of carbonyl (C=O) groups is 2. The highest BCUT2D eigenvalue weighted by molar-refractivity contribution is 6.36. The highest BCUT2D eigenvalue weighted by Gasteiger charge is 2.39. The van der Waals surface area contributed by atoms with Gasteiger partial charge in [-0.1, -0.05) is 31.2 Å². The summed E-state index contributed by atoms with van der Waals surface area (Å²) in [5.74, 6) is 0.654. The highest BCUT2D eigenvalue weighted by Crippen LogP contribution is 2.34. The lowest BCUT2D eigenvalue weighted by atomic mass is 10.0. The van der Waals surface area contributed by atoms with E-state index in [4.69, 9.17) is 14.2 Å². The van der Waals surface area contributed by atoms with Gasteiger partial charge < -0.3 is 19.5 Å². The maximum absolute atomic E-state index is 13.4. The van der Waals surface area contributed by atoms with Crippen LogP contribution in [0.1, 0.15) is 46.1 Å². The molecular weight excluding hydrogens is 432 g/mol. The molecule has 2 aromatic rings. The standard InChI is InChI=1S/C27H34N2O5/c1-5-17-34-21-14-12-20(13-15-21)24-25(28-22-10-7-8-11-23(22)32-6-2)27(31)29(26(24)30)16-9-18-33-19(3)4/h7-8,10-15,19,28H,5-6,9,16-18H2,1-4H3. The smallest absolute Gasteiger partial charge is 0.278 e. The zero-order valence-corrected chi connectivity index (χ0v) is 20.4. The van der Waals surface area contributed by atoms with Crippen molar-refractivity contribution in [2.24, 2.45) is 0 Å². The summed E-state index contributed by atoms with van der Waals surface area (Å²) in [6.07, 6.45) is 1.57. The second-order valence-corrected chi connectivity index (χ2v) is 8.21. The highest BCUT2D eigenvalue weighted by atomic mass is 16.5. The van der Waals surface area contributed by atoms with Gasteiger partial charge in [0.2, 0.25) is 0 Å². The molecule has 1 aliphatic heterocycles. The Bertz CT molecular complexity index is 1010. The number of hydrogen-bond donors (Lipinski definition) is 1. The Kier molecular flexibility index (Phi) is 9.10. The number of amides is 2. The van der Waals surface area contributed by atoms with E-state index in [-0.39, 0.29) is 30.2 Å². The minimum atomic E-state index is -0.359. The fourth-order valence-electron chi connectivity index (χ4n) is 3.63. The van der Waals surface area contributed by atoms with Crippen molar-refractivity contribution in [2.75, 3.05) is 31.7 Å². The summed E-state index contributed by atoms with van der Waals surface area (Å²) in [7, 11) is 0. The quantitative estimate of drug-likeness (QED) is 0.335. The molecule has 0 saturated carbocycles. The fourth-order valence-corrected chi connectivity index (χ4v) is 3.63. The molecule has 2 amide bonds. The van der Waals surface area contributed by atoms with E-state index >= 15 is 0 Å². The largest absolute Gasteiger partial charge is 0.494 e. The Morgan fingerprint density at radius 1 is 0.912 bits per heavy atom. The van der Waals surface area contributed by atoms with E-state index in [2.05, 4.69) is 5.32 Å². The molecule has 0 spiro atoms. The van der Waals surface area contributed by atoms with Gasteiger partial charge in [-0.05, 0) is 63.4 Å². The van der Waals surface area contributed by atoms with Crippen LogP contribution in [0.25, 0.3) is 5.57 Å². The third-order valence-electron chi connectivity index (χ3n) is 5.21. The van der Waals surface area contributed by atoms with Crippen LogP contribution in [0.15, 0.2) is 54.2 Å². The number of nitrogens with one attached hydrogen (secondary N) is 1. The summed E-state index contributed by atoms with van der Waals surface area (Å²) in [5, 5.41) is 3.19. The Labute approximate surface area is 201 Å². The number of anilines is 1. The van der Waals surface area contributed by atoms with Crippen molar-refractivity contribution < 1.29 is 23.8 Å². The maximum Gasteiger partial charge on any atom is 0.278 e. The van der Waals surface area contributed by atoms with Crippen LogP contribution >= 0.6 is 0 Å². The molecule has 7 heteroatoms. The summed E-state index contributed by atoms with van der Waals surface area (Å²) in [5.41, 5.74) is 1.86. The van der Waals surface area contributed by atoms with Crippen molar-refractivity contribution in [3.63, 3.8) is 0 Å². The minimum Gasteiger partial charge on any atom is -0.494 e. The van der Waals surface area contributed by atoms with Crippen molar-refractivity contribution in [3.05, 3.63) is 59.8 Å². The number of hydrogen-bond acceptors (Lipinski definition) is 6. The van der Waals surface area contributed by atoms with Crippen LogP contribution in [0.3, 0.4) is 0 Å². The molecule has 0 aliphatic carbocycles. The molecule has 1 heterocycles. The molecule has 34 heavy (non-hydrogen) atoms. The van der Waals surface area contributed by atoms with Gasteiger partial charge in [0.25, 0.3) is 11.8 Å². The zero-order chi connectivity index (χ0) is 24.5. The van der Waals surface area contributed by atoms with E-state index in [0.717, 1.165) is 12.2 Å². The first-order valence-corrected chi connectivity index (χ1v) is 11.9. The number of benzene rings is 2. The van der Waals surface area contributed by atoms with Gasteiger partial charge in [0, 0.05) is 13.2 Å². The van der Waals surface area contributed by atoms with Gasteiger partial charge in [-0.15, -0.1) is 0 Å². The topological polar surface area (TPSA) is 77.1 Å². The number of carbonyl (C=O) groups excluding carboxylic acids is 2. The van der Waals surface area contributed by atoms with Crippen molar-refractivity contribution in [3.8, 4) is 11.5 Å². The molecule has 1 aliphatic rings. The minimum absolute atomic E-state index is 0.0967. The molecule has 2 aromatic carbocycles. The first-order chi connectivity index (χ1) is 16.5. The van der Waals surface area contributed by atoms with Gasteiger partial charge in [0.1, 0.15) is 17.2 Å². The third kappa shape index (κ3) is 6.17. The van der Waals surface area contributed by atoms with Gasteiger partial charge in [-0.3, -0.25) is 14.5 Å². The van der Waals surface area contributed by atoms with Gasteiger partial charge in [0.05, 0.1) is 30.6 Å². The molecule has 0 unspecified atom stereocenters. The number of para-hydroxylation sites is 2. The monoisotopic (exact) mass is 466 g/mol. The lowest BCUT2D eigenvalue weighted by Crippen LogP contribution is -2.34. The van der Waals surface area contributed by atoms with Crippen LogP contribution in [0.5, 0.6) is 11.5 Å². The first kappa shape index (κ1) is 25.3. The van der Waals surface area contributed by atoms with Gasteiger partial charge in [-0.2, -0.15) is 0 Å². The van der Waals surface area contributed by atoms with Crippen LogP contribution in [0.2, 0.25) is 0 Å². The number of imide groups is 1. The van der Waals surface area contributed by atoms with Crippen LogP contribution in [0, 0.1) is 0 Å². The number of nitrogens with zero attached hydrogens (tertiary/aromatic N) is 1. The predicted octanol–water partition coefficient (Wildman–Crippen LogP) is 4.88. The second-order valence-electron chi connectivity index (χ2n) is 8.21. The summed E-state index contributed by atoms with van der Waals surface area (Å²) >= 11 is 0. The SMILES string of the molecule is CCCOc1ccc(C2=C(Nc3ccccc3OCC)C(=O)N(CCCOC(C)C)C2=O)cc1. The van der Waals surface area contributed by atoms with E-state index in [0.29, 0.717) is 48.8 Å². The van der Waals surface area contributed by atoms with Gasteiger partial charge in [-0.25, -0.2) is 0 Å². The summed E-state index contributed by atoms with van der Waals surface area (Å²) in [6, 6.07) is 14.6. The van der Waals surface area contributed by atoms with E-state index in [1.54, 1.807) is 0 Å². The molecule has 1 N–H and O–H groups in total. The molecule has 0 atom stereocenters. The molecule has 3 rings (SSSR count). The normalized spacial score (nSPS) is 13.7. The number of ether oxygens (including phenoxy) is 3. The molecule has 0 radical (unpaired) electrons. The van der Waals surface area contributed by atoms with Gasteiger partial charge in [0.15, 0.2) is 0 Å². The second kappa shape index (κ2) is 12.2. The van der Waals surface area contributed by atoms with E-state index in [9.17, 15) is 9.59 Å². The third-order valence-corrected chi connectivity index (χ3v) is 5.21. The van der Waals surface area contributed by atoms with Crippen molar-refractivity contribution in [2.45, 2.75) is 46.6 Å². The predicted molar refractivity (Wildman–Crippen MR) is 133 cm³/mol. The fraction of sp³-hybridized carbons (Fsp3) is 0.407. The van der Waals surface area contributed by atoms with Crippen molar-refractivity contribution in [1.82, 2.24) is 4.90 Å². The van der Waals surface area contributed by atoms with Crippen LogP contribution in [0.4, 0.5) is 5.69 Å². The lowest BCUT2D eigenvalue weighted by Gasteiger charge is -2.16. The molecule has 7 nitrogen and oxygen atoms in total. The number of rotatable bonds is 13. The lowest BCUT2D eigenvalue weighted by molar-refractivity contribution is -0.137. The molecule has 0 fully saturated rings. The molecule has 182 valence electrons. The molecule has 0 aromatic heterocycles. The maximum atomic E-state index is 13.4. The Balaban J connectivity index is 1.92. The zero-order valence-electron chi connectivity index (χ0n) is 20.4. The Morgan fingerprint density at radius 3 is 2.32 bits per heavy atom. The van der Waals surface area contributed by atoms with Gasteiger partial charge >= 0.3 is 0 Å². The van der Waals surface area contributed by atoms with Crippen LogP contribution in [-0.4, -0.2) is 49.2 Å².